The van der Waals surface area contributed by atoms with Crippen LogP contribution in [0, 0.1) is 17.2 Å². The lowest BCUT2D eigenvalue weighted by molar-refractivity contribution is -0.127. The summed E-state index contributed by atoms with van der Waals surface area (Å²) in [5.41, 5.74) is 0. The molecule has 0 aromatic rings. The molecule has 0 aromatic heterocycles. The van der Waals surface area contributed by atoms with E-state index in [2.05, 4.69) is 15.9 Å². The Bertz CT molecular complexity index is 194. The molecule has 0 N–H and O–H groups in total. The molecule has 0 aromatic carbocycles. The molecule has 0 rings (SSSR count). The van der Waals surface area contributed by atoms with E-state index in [-0.39, 0.29) is 11.1 Å². The summed E-state index contributed by atoms with van der Waals surface area (Å²) in [7, 11) is 0. The minimum atomic E-state index is -1.08. The number of halogens is 1. The molecule has 0 fully saturated rings. The van der Waals surface area contributed by atoms with Crippen LogP contribution in [-0.2, 0) is 9.59 Å². The van der Waals surface area contributed by atoms with Crippen molar-refractivity contribution in [2.24, 2.45) is 5.92 Å². The fourth-order valence-corrected chi connectivity index (χ4v) is 0.791. The van der Waals surface area contributed by atoms with Gasteiger partial charge in [0.25, 0.3) is 0 Å². The minimum absolute atomic E-state index is 0.0603. The number of alkyl halides is 1. The molecule has 3 nitrogen and oxygen atoms in total. The van der Waals surface area contributed by atoms with Crippen molar-refractivity contribution in [3.05, 3.63) is 0 Å². The first-order chi connectivity index (χ1) is 4.63. The normalized spacial score (nSPS) is 11.7. The van der Waals surface area contributed by atoms with Gasteiger partial charge in [-0.2, -0.15) is 5.26 Å². The number of carbonyl (C=O) groups is 2. The van der Waals surface area contributed by atoms with Crippen molar-refractivity contribution in [3.8, 4) is 6.07 Å². The number of rotatable bonds is 3. The molecule has 54 valence electrons. The molecule has 0 bridgehead atoms. The zero-order valence-corrected chi connectivity index (χ0v) is 7.01. The van der Waals surface area contributed by atoms with E-state index in [9.17, 15) is 9.59 Å². The highest BCUT2D eigenvalue weighted by Gasteiger charge is 2.20. The van der Waals surface area contributed by atoms with Crippen LogP contribution < -0.4 is 0 Å². The van der Waals surface area contributed by atoms with Gasteiger partial charge >= 0.3 is 0 Å². The Morgan fingerprint density at radius 1 is 1.70 bits per heavy atom. The molecule has 0 heterocycles. The molecule has 0 saturated heterocycles. The van der Waals surface area contributed by atoms with Crippen LogP contribution in [0.3, 0.4) is 0 Å². The van der Waals surface area contributed by atoms with Crippen molar-refractivity contribution in [1.82, 2.24) is 0 Å². The van der Waals surface area contributed by atoms with E-state index < -0.39 is 11.7 Å². The first kappa shape index (κ1) is 9.31. The molecule has 10 heavy (non-hydrogen) atoms. The highest BCUT2D eigenvalue weighted by Crippen LogP contribution is 2.00. The van der Waals surface area contributed by atoms with Gasteiger partial charge in [0, 0.05) is 0 Å². The van der Waals surface area contributed by atoms with Gasteiger partial charge in [0.1, 0.15) is 0 Å². The summed E-state index contributed by atoms with van der Waals surface area (Å²) in [6, 6.07) is 1.62. The first-order valence-electron chi connectivity index (χ1n) is 2.62. The quantitative estimate of drug-likeness (QED) is 0.501. The van der Waals surface area contributed by atoms with Gasteiger partial charge in [0.15, 0.2) is 17.5 Å². The van der Waals surface area contributed by atoms with Gasteiger partial charge in [0.2, 0.25) is 0 Å². The molecule has 1 atom stereocenters. The number of ketones is 2. The number of carbonyl (C=O) groups excluding carboxylic acids is 2. The van der Waals surface area contributed by atoms with E-state index >= 15 is 0 Å². The van der Waals surface area contributed by atoms with Crippen molar-refractivity contribution in [1.29, 1.82) is 5.26 Å². The van der Waals surface area contributed by atoms with E-state index in [1.165, 1.54) is 6.92 Å². The minimum Gasteiger partial charge on any atom is -0.298 e. The molecule has 1 unspecified atom stereocenters. The number of nitriles is 1. The Morgan fingerprint density at radius 3 is 2.30 bits per heavy atom. The number of nitrogens with zero attached hydrogens (tertiary/aromatic N) is 1. The van der Waals surface area contributed by atoms with Crippen LogP contribution in [0.2, 0.25) is 0 Å². The van der Waals surface area contributed by atoms with Gasteiger partial charge in [-0.25, -0.2) is 0 Å². The Balaban J connectivity index is 4.25. The largest absolute Gasteiger partial charge is 0.298 e. The van der Waals surface area contributed by atoms with Crippen molar-refractivity contribution in [2.45, 2.75) is 6.92 Å². The van der Waals surface area contributed by atoms with E-state index in [1.807, 2.05) is 0 Å². The van der Waals surface area contributed by atoms with Crippen LogP contribution in [0.4, 0.5) is 0 Å². The Hall–Kier alpha value is -0.690. The monoisotopic (exact) mass is 203 g/mol. The first-order valence-corrected chi connectivity index (χ1v) is 3.74. The third-order valence-corrected chi connectivity index (χ3v) is 1.54. The smallest absolute Gasteiger partial charge is 0.167 e. The zero-order chi connectivity index (χ0) is 8.15. The van der Waals surface area contributed by atoms with Crippen molar-refractivity contribution >= 4 is 27.5 Å². The fraction of sp³-hybridized carbons (Fsp3) is 0.500. The van der Waals surface area contributed by atoms with Crippen LogP contribution in [0.1, 0.15) is 6.92 Å². The Kier molecular flexibility index (Phi) is 3.89. The number of Topliss-reactive ketones (excluding diaryl/α,β-unsaturated/α-hetero) is 2. The van der Waals surface area contributed by atoms with Gasteiger partial charge in [-0.1, -0.05) is 15.9 Å². The summed E-state index contributed by atoms with van der Waals surface area (Å²) in [5, 5.41) is 8.35. The van der Waals surface area contributed by atoms with Gasteiger partial charge in [-0.05, 0) is 6.92 Å². The standard InChI is InChI=1S/C6H6BrNO2/c1-4(9)5(3-8)6(10)2-7/h5H,2H2,1H3. The molecule has 0 spiro atoms. The maximum absolute atomic E-state index is 10.7. The number of hydrogen-bond acceptors (Lipinski definition) is 3. The second kappa shape index (κ2) is 4.18. The second-order valence-corrected chi connectivity index (χ2v) is 2.33. The summed E-state index contributed by atoms with van der Waals surface area (Å²) in [6.45, 7) is 1.23. The van der Waals surface area contributed by atoms with Gasteiger partial charge in [0.05, 0.1) is 11.4 Å². The summed E-state index contributed by atoms with van der Waals surface area (Å²) in [6.07, 6.45) is 0. The molecule has 4 heteroatoms. The molecular weight excluding hydrogens is 198 g/mol. The highest BCUT2D eigenvalue weighted by atomic mass is 79.9. The Morgan fingerprint density at radius 2 is 2.20 bits per heavy atom. The predicted molar refractivity (Wildman–Crippen MR) is 38.6 cm³/mol. The van der Waals surface area contributed by atoms with Crippen LogP contribution in [0.25, 0.3) is 0 Å². The van der Waals surface area contributed by atoms with Crippen molar-refractivity contribution in [2.75, 3.05) is 5.33 Å². The van der Waals surface area contributed by atoms with Gasteiger partial charge in [-0.15, -0.1) is 0 Å². The SMILES string of the molecule is CC(=O)C(C#N)C(=O)CBr. The van der Waals surface area contributed by atoms with Gasteiger partial charge < -0.3 is 0 Å². The summed E-state index contributed by atoms with van der Waals surface area (Å²) in [5.74, 6) is -1.86. The molecule has 0 saturated carbocycles. The van der Waals surface area contributed by atoms with E-state index in [1.54, 1.807) is 6.07 Å². The summed E-state index contributed by atoms with van der Waals surface area (Å²) in [4.78, 5) is 21.2. The third-order valence-electron chi connectivity index (χ3n) is 0.989. The lowest BCUT2D eigenvalue weighted by Crippen LogP contribution is -2.20. The molecule has 0 aliphatic rings. The van der Waals surface area contributed by atoms with Crippen molar-refractivity contribution < 1.29 is 9.59 Å². The predicted octanol–water partition coefficient (Wildman–Crippen LogP) is 0.679. The van der Waals surface area contributed by atoms with E-state index in [4.69, 9.17) is 5.26 Å². The summed E-state index contributed by atoms with van der Waals surface area (Å²) < 4.78 is 0. The van der Waals surface area contributed by atoms with E-state index in [0.29, 0.717) is 0 Å². The fourth-order valence-electron chi connectivity index (χ4n) is 0.467. The van der Waals surface area contributed by atoms with Crippen LogP contribution in [-0.4, -0.2) is 16.9 Å². The molecule has 0 aliphatic heterocycles. The van der Waals surface area contributed by atoms with Crippen LogP contribution in [0.15, 0.2) is 0 Å². The highest BCUT2D eigenvalue weighted by molar-refractivity contribution is 9.09. The average molecular weight is 204 g/mol. The molecule has 0 amide bonds. The molecular formula is C6H6BrNO2. The molecule has 0 aliphatic carbocycles. The maximum atomic E-state index is 10.7. The topological polar surface area (TPSA) is 57.9 Å². The number of hydrogen-bond donors (Lipinski definition) is 0. The molecule has 0 radical (unpaired) electrons. The van der Waals surface area contributed by atoms with E-state index in [0.717, 1.165) is 0 Å². The average Bonchev–Trinajstić information content (AvgIpc) is 1.88. The second-order valence-electron chi connectivity index (χ2n) is 1.77. The van der Waals surface area contributed by atoms with Crippen LogP contribution >= 0.6 is 15.9 Å². The van der Waals surface area contributed by atoms with Crippen LogP contribution in [0.5, 0.6) is 0 Å². The lowest BCUT2D eigenvalue weighted by atomic mass is 10.0. The summed E-state index contributed by atoms with van der Waals surface area (Å²) >= 11 is 2.87. The maximum Gasteiger partial charge on any atom is 0.167 e. The third kappa shape index (κ3) is 2.28. The van der Waals surface area contributed by atoms with Gasteiger partial charge in [-0.3, -0.25) is 9.59 Å². The lowest BCUT2D eigenvalue weighted by Gasteiger charge is -1.97. The Labute approximate surface area is 67.1 Å². The zero-order valence-electron chi connectivity index (χ0n) is 5.43. The van der Waals surface area contributed by atoms with Crippen molar-refractivity contribution in [3.63, 3.8) is 0 Å².